The van der Waals surface area contributed by atoms with Crippen molar-refractivity contribution in [1.82, 2.24) is 4.57 Å². The molecule has 5 nitrogen and oxygen atoms in total. The normalized spacial score (nSPS) is 11.0. The zero-order chi connectivity index (χ0) is 19.6. The number of hydrogen-bond acceptors (Lipinski definition) is 3. The maximum Gasteiger partial charge on any atom is 0.258 e. The first-order chi connectivity index (χ1) is 12.8. The van der Waals surface area contributed by atoms with Gasteiger partial charge in [0.1, 0.15) is 12.3 Å². The molecule has 6 heteroatoms. The number of carbonyl (C=O) groups excluding carboxylic acids is 1. The number of amides is 1. The Bertz CT molecular complexity index is 1060. The first-order valence-corrected chi connectivity index (χ1v) is 9.07. The van der Waals surface area contributed by atoms with Crippen LogP contribution < -0.4 is 15.6 Å². The van der Waals surface area contributed by atoms with Crippen LogP contribution in [0, 0.1) is 6.92 Å². The highest BCUT2D eigenvalue weighted by atomic mass is 35.5. The number of aromatic nitrogens is 1. The number of fused-ring (bicyclic) bond motifs is 1. The van der Waals surface area contributed by atoms with Crippen LogP contribution in [0.3, 0.4) is 0 Å². The molecule has 1 heterocycles. The molecule has 0 fully saturated rings. The zero-order valence-corrected chi connectivity index (χ0v) is 16.2. The maximum atomic E-state index is 12.7. The largest absolute Gasteiger partial charge is 0.491 e. The predicted molar refractivity (Wildman–Crippen MR) is 109 cm³/mol. The third kappa shape index (κ3) is 4.49. The predicted octanol–water partition coefficient (Wildman–Crippen LogP) is 4.39. The molecular formula is C21H21ClN2O3. The molecule has 0 atom stereocenters. The van der Waals surface area contributed by atoms with Gasteiger partial charge in [-0.15, -0.1) is 0 Å². The van der Waals surface area contributed by atoms with Crippen molar-refractivity contribution in [2.45, 2.75) is 33.4 Å². The summed E-state index contributed by atoms with van der Waals surface area (Å²) >= 11 is 5.98. The fourth-order valence-electron chi connectivity index (χ4n) is 2.81. The molecule has 1 amide bonds. The Balaban J connectivity index is 1.82. The van der Waals surface area contributed by atoms with Gasteiger partial charge in [0.2, 0.25) is 5.91 Å². The molecule has 140 valence electrons. The summed E-state index contributed by atoms with van der Waals surface area (Å²) in [4.78, 5) is 25.1. The van der Waals surface area contributed by atoms with E-state index >= 15 is 0 Å². The van der Waals surface area contributed by atoms with Crippen LogP contribution in [-0.2, 0) is 11.3 Å². The van der Waals surface area contributed by atoms with Crippen molar-refractivity contribution in [3.05, 3.63) is 69.6 Å². The molecule has 3 aromatic rings. The molecule has 0 saturated heterocycles. The lowest BCUT2D eigenvalue weighted by molar-refractivity contribution is -0.116. The minimum atomic E-state index is -0.290. The van der Waals surface area contributed by atoms with E-state index < -0.39 is 0 Å². The summed E-state index contributed by atoms with van der Waals surface area (Å²) in [6.07, 6.45) is 1.68. The summed E-state index contributed by atoms with van der Waals surface area (Å²) in [6.45, 7) is 5.70. The van der Waals surface area contributed by atoms with Crippen molar-refractivity contribution in [2.75, 3.05) is 5.32 Å². The third-order valence-electron chi connectivity index (χ3n) is 4.11. The van der Waals surface area contributed by atoms with Crippen molar-refractivity contribution in [2.24, 2.45) is 0 Å². The Hall–Kier alpha value is -2.79. The number of hydrogen-bond donors (Lipinski definition) is 1. The van der Waals surface area contributed by atoms with Gasteiger partial charge in [0.05, 0.1) is 6.10 Å². The average molecular weight is 385 g/mol. The molecule has 1 aromatic heterocycles. The number of halogens is 1. The quantitative estimate of drug-likeness (QED) is 0.709. The number of anilines is 1. The number of pyridine rings is 1. The molecule has 27 heavy (non-hydrogen) atoms. The fraction of sp³-hybridized carbons (Fsp3) is 0.238. The molecule has 0 spiro atoms. The van der Waals surface area contributed by atoms with E-state index in [0.29, 0.717) is 21.8 Å². The highest BCUT2D eigenvalue weighted by Gasteiger charge is 2.10. The van der Waals surface area contributed by atoms with Crippen molar-refractivity contribution in [3.8, 4) is 5.75 Å². The topological polar surface area (TPSA) is 60.3 Å². The van der Waals surface area contributed by atoms with Crippen LogP contribution in [0.5, 0.6) is 5.75 Å². The summed E-state index contributed by atoms with van der Waals surface area (Å²) in [5, 5.41) is 4.66. The zero-order valence-electron chi connectivity index (χ0n) is 15.5. The summed E-state index contributed by atoms with van der Waals surface area (Å²) in [6, 6.07) is 12.4. The van der Waals surface area contributed by atoms with Crippen molar-refractivity contribution in [3.63, 3.8) is 0 Å². The summed E-state index contributed by atoms with van der Waals surface area (Å²) in [7, 11) is 0. The van der Waals surface area contributed by atoms with E-state index in [2.05, 4.69) is 5.32 Å². The molecule has 3 rings (SSSR count). The monoisotopic (exact) mass is 384 g/mol. The second-order valence-electron chi connectivity index (χ2n) is 6.67. The second-order valence-corrected chi connectivity index (χ2v) is 7.11. The summed E-state index contributed by atoms with van der Waals surface area (Å²) in [5.41, 5.74) is 1.31. The standard InChI is InChI=1S/C21H21ClN2O3/c1-13(2)27-17-6-7-18-15(10-17)8-9-24(21(18)26)12-20(25)23-19-11-16(22)5-4-14(19)3/h4-11,13H,12H2,1-3H3,(H,23,25). The van der Waals surface area contributed by atoms with Crippen LogP contribution in [0.4, 0.5) is 5.69 Å². The molecule has 0 aliphatic rings. The van der Waals surface area contributed by atoms with Gasteiger partial charge in [-0.2, -0.15) is 0 Å². The van der Waals surface area contributed by atoms with E-state index in [0.717, 1.165) is 10.9 Å². The molecule has 0 radical (unpaired) electrons. The number of benzene rings is 2. The minimum Gasteiger partial charge on any atom is -0.491 e. The number of nitrogens with zero attached hydrogens (tertiary/aromatic N) is 1. The van der Waals surface area contributed by atoms with Crippen molar-refractivity contribution < 1.29 is 9.53 Å². The molecule has 0 unspecified atom stereocenters. The Morgan fingerprint density at radius 2 is 1.96 bits per heavy atom. The highest BCUT2D eigenvalue weighted by Crippen LogP contribution is 2.21. The number of nitrogens with one attached hydrogen (secondary N) is 1. The fourth-order valence-corrected chi connectivity index (χ4v) is 2.98. The van der Waals surface area contributed by atoms with E-state index in [4.69, 9.17) is 16.3 Å². The minimum absolute atomic E-state index is 0.0569. The number of rotatable bonds is 5. The van der Waals surface area contributed by atoms with E-state index in [-0.39, 0.29) is 24.1 Å². The van der Waals surface area contributed by atoms with Crippen LogP contribution >= 0.6 is 11.6 Å². The SMILES string of the molecule is Cc1ccc(Cl)cc1NC(=O)Cn1ccc2cc(OC(C)C)ccc2c1=O. The summed E-state index contributed by atoms with van der Waals surface area (Å²) in [5.74, 6) is 0.422. The van der Waals surface area contributed by atoms with Gasteiger partial charge in [-0.3, -0.25) is 9.59 Å². The molecule has 0 aliphatic heterocycles. The lowest BCUT2D eigenvalue weighted by Gasteiger charge is -2.12. The van der Waals surface area contributed by atoms with Gasteiger partial charge < -0.3 is 14.6 Å². The van der Waals surface area contributed by atoms with Gasteiger partial charge in [0.15, 0.2) is 0 Å². The first-order valence-electron chi connectivity index (χ1n) is 8.69. The molecular weight excluding hydrogens is 364 g/mol. The molecule has 0 bridgehead atoms. The summed E-state index contributed by atoms with van der Waals surface area (Å²) < 4.78 is 7.05. The molecule has 0 saturated carbocycles. The number of aryl methyl sites for hydroxylation is 1. The van der Waals surface area contributed by atoms with Crippen LogP contribution in [0.25, 0.3) is 10.8 Å². The van der Waals surface area contributed by atoms with E-state index in [1.54, 1.807) is 30.5 Å². The van der Waals surface area contributed by atoms with Gasteiger partial charge in [-0.05, 0) is 68.1 Å². The Morgan fingerprint density at radius 1 is 1.19 bits per heavy atom. The Morgan fingerprint density at radius 3 is 2.70 bits per heavy atom. The Labute approximate surface area is 162 Å². The second kappa shape index (κ2) is 7.84. The van der Waals surface area contributed by atoms with E-state index in [1.165, 1.54) is 4.57 Å². The third-order valence-corrected chi connectivity index (χ3v) is 4.34. The highest BCUT2D eigenvalue weighted by molar-refractivity contribution is 6.31. The molecule has 0 aliphatic carbocycles. The van der Waals surface area contributed by atoms with Gasteiger partial charge in [0.25, 0.3) is 5.56 Å². The lowest BCUT2D eigenvalue weighted by Crippen LogP contribution is -2.27. The van der Waals surface area contributed by atoms with Crippen LogP contribution in [0.15, 0.2) is 53.5 Å². The van der Waals surface area contributed by atoms with Crippen LogP contribution in [0.2, 0.25) is 5.02 Å². The van der Waals surface area contributed by atoms with Crippen LogP contribution in [0.1, 0.15) is 19.4 Å². The van der Waals surface area contributed by atoms with E-state index in [9.17, 15) is 9.59 Å². The van der Waals surface area contributed by atoms with Crippen molar-refractivity contribution >= 4 is 34.0 Å². The number of carbonyl (C=O) groups is 1. The molecule has 1 N–H and O–H groups in total. The lowest BCUT2D eigenvalue weighted by atomic mass is 10.1. The average Bonchev–Trinajstić information content (AvgIpc) is 2.60. The maximum absolute atomic E-state index is 12.7. The van der Waals surface area contributed by atoms with Gasteiger partial charge in [-0.25, -0.2) is 0 Å². The van der Waals surface area contributed by atoms with Crippen molar-refractivity contribution in [1.29, 1.82) is 0 Å². The van der Waals surface area contributed by atoms with E-state index in [1.807, 2.05) is 39.0 Å². The first kappa shape index (κ1) is 19.0. The number of ether oxygens (including phenoxy) is 1. The van der Waals surface area contributed by atoms with Gasteiger partial charge in [0, 0.05) is 22.3 Å². The van der Waals surface area contributed by atoms with Gasteiger partial charge in [-0.1, -0.05) is 17.7 Å². The van der Waals surface area contributed by atoms with Crippen LogP contribution in [-0.4, -0.2) is 16.6 Å². The molecule has 2 aromatic carbocycles. The Kier molecular flexibility index (Phi) is 5.51. The van der Waals surface area contributed by atoms with Gasteiger partial charge >= 0.3 is 0 Å². The smallest absolute Gasteiger partial charge is 0.258 e.